The van der Waals surface area contributed by atoms with Gasteiger partial charge in [-0.15, -0.1) is 0 Å². The molecule has 0 N–H and O–H groups in total. The van der Waals surface area contributed by atoms with Crippen LogP contribution in [0.2, 0.25) is 0 Å². The minimum Gasteiger partial charge on any atom is -0.492 e. The fraction of sp³-hybridized carbons (Fsp3) is 0.417. The first kappa shape index (κ1) is 27.7. The summed E-state index contributed by atoms with van der Waals surface area (Å²) in [5.41, 5.74) is 5.09. The molecule has 3 aromatic carbocycles. The highest BCUT2D eigenvalue weighted by atomic mass is 16.5. The molecule has 3 aliphatic rings. The van der Waals surface area contributed by atoms with Gasteiger partial charge in [-0.25, -0.2) is 0 Å². The lowest BCUT2D eigenvalue weighted by Crippen LogP contribution is -2.33. The van der Waals surface area contributed by atoms with Crippen molar-refractivity contribution < 1.29 is 14.3 Å². The molecule has 2 aliphatic heterocycles. The zero-order chi connectivity index (χ0) is 27.9. The van der Waals surface area contributed by atoms with Gasteiger partial charge in [0.05, 0.1) is 0 Å². The molecule has 41 heavy (non-hydrogen) atoms. The van der Waals surface area contributed by atoms with Crippen LogP contribution >= 0.6 is 0 Å². The van der Waals surface area contributed by atoms with Crippen LogP contribution in [-0.2, 0) is 6.42 Å². The second-order valence-corrected chi connectivity index (χ2v) is 11.6. The molecule has 1 atom stereocenters. The van der Waals surface area contributed by atoms with Gasteiger partial charge in [-0.3, -0.25) is 14.6 Å². The quantitative estimate of drug-likeness (QED) is 0.251. The number of rotatable bonds is 11. The van der Waals surface area contributed by atoms with E-state index in [0.717, 1.165) is 47.7 Å². The standard InChI is InChI=1S/C36H42N2O3/c39-36(29-12-16-33(17-13-29)41-24-22-37-18-4-1-5-19-37)35-27-31-9-3-2-8-30(31)26-34(35)28-10-14-32(15-11-28)40-25-23-38-20-6-7-21-38/h2-3,8-17,27,34H,1,4-7,18-26H2. The lowest BCUT2D eigenvalue weighted by atomic mass is 9.77. The summed E-state index contributed by atoms with van der Waals surface area (Å²) in [4.78, 5) is 18.9. The molecule has 0 aromatic heterocycles. The predicted octanol–water partition coefficient (Wildman–Crippen LogP) is 6.63. The number of hydrogen-bond acceptors (Lipinski definition) is 5. The Hall–Kier alpha value is -3.41. The van der Waals surface area contributed by atoms with Crippen molar-refractivity contribution in [2.24, 2.45) is 0 Å². The number of likely N-dealkylation sites (tertiary alicyclic amines) is 2. The summed E-state index contributed by atoms with van der Waals surface area (Å²) in [5, 5.41) is 0. The van der Waals surface area contributed by atoms with E-state index < -0.39 is 0 Å². The van der Waals surface area contributed by atoms with E-state index in [9.17, 15) is 4.79 Å². The number of carbonyl (C=O) groups is 1. The Kier molecular flexibility index (Phi) is 9.14. The van der Waals surface area contributed by atoms with Gasteiger partial charge in [-0.2, -0.15) is 0 Å². The molecular weight excluding hydrogens is 508 g/mol. The number of allylic oxidation sites excluding steroid dienone is 1. The van der Waals surface area contributed by atoms with E-state index in [-0.39, 0.29) is 11.7 Å². The van der Waals surface area contributed by atoms with Gasteiger partial charge in [0.1, 0.15) is 24.7 Å². The number of carbonyl (C=O) groups excluding carboxylic acids is 1. The predicted molar refractivity (Wildman–Crippen MR) is 165 cm³/mol. The Balaban J connectivity index is 1.13. The maximum absolute atomic E-state index is 13.9. The SMILES string of the molecule is O=C(C1=Cc2ccccc2CC1c1ccc(OCCN2CCCC2)cc1)c1ccc(OCCN2CCCCC2)cc1. The third kappa shape index (κ3) is 7.09. The zero-order valence-electron chi connectivity index (χ0n) is 24.1. The summed E-state index contributed by atoms with van der Waals surface area (Å²) in [6.45, 7) is 8.02. The Bertz CT molecular complexity index is 1320. The second-order valence-electron chi connectivity index (χ2n) is 11.6. The fourth-order valence-corrected chi connectivity index (χ4v) is 6.42. The van der Waals surface area contributed by atoms with Crippen molar-refractivity contribution in [3.05, 3.63) is 101 Å². The zero-order valence-corrected chi connectivity index (χ0v) is 24.1. The highest BCUT2D eigenvalue weighted by molar-refractivity contribution is 6.12. The van der Waals surface area contributed by atoms with E-state index >= 15 is 0 Å². The van der Waals surface area contributed by atoms with Crippen LogP contribution in [0.25, 0.3) is 6.08 Å². The van der Waals surface area contributed by atoms with Crippen LogP contribution in [-0.4, -0.2) is 68.1 Å². The number of piperidine rings is 1. The number of ether oxygens (including phenoxy) is 2. The van der Waals surface area contributed by atoms with Gasteiger partial charge in [-0.1, -0.05) is 42.8 Å². The first-order valence-electron chi connectivity index (χ1n) is 15.5. The summed E-state index contributed by atoms with van der Waals surface area (Å²) in [5.74, 6) is 1.78. The summed E-state index contributed by atoms with van der Waals surface area (Å²) in [7, 11) is 0. The van der Waals surface area contributed by atoms with Crippen molar-refractivity contribution in [3.63, 3.8) is 0 Å². The van der Waals surface area contributed by atoms with Gasteiger partial charge in [0.15, 0.2) is 5.78 Å². The molecule has 0 amide bonds. The number of ketones is 1. The monoisotopic (exact) mass is 550 g/mol. The van der Waals surface area contributed by atoms with Crippen molar-refractivity contribution in [2.75, 3.05) is 52.5 Å². The molecule has 214 valence electrons. The molecular formula is C36H42N2O3. The van der Waals surface area contributed by atoms with Gasteiger partial charge in [0, 0.05) is 30.1 Å². The van der Waals surface area contributed by atoms with Crippen LogP contribution in [0.4, 0.5) is 0 Å². The second kappa shape index (κ2) is 13.5. The van der Waals surface area contributed by atoms with E-state index in [4.69, 9.17) is 9.47 Å². The van der Waals surface area contributed by atoms with Crippen molar-refractivity contribution in [2.45, 2.75) is 44.4 Å². The van der Waals surface area contributed by atoms with Crippen molar-refractivity contribution >= 4 is 11.9 Å². The maximum atomic E-state index is 13.9. The van der Waals surface area contributed by atoms with Gasteiger partial charge >= 0.3 is 0 Å². The molecule has 2 heterocycles. The van der Waals surface area contributed by atoms with E-state index in [1.54, 1.807) is 0 Å². The highest BCUT2D eigenvalue weighted by Crippen LogP contribution is 2.38. The molecule has 0 radical (unpaired) electrons. The molecule has 5 nitrogen and oxygen atoms in total. The first-order chi connectivity index (χ1) is 20.2. The van der Waals surface area contributed by atoms with E-state index in [2.05, 4.69) is 58.3 Å². The van der Waals surface area contributed by atoms with Gasteiger partial charge in [0.25, 0.3) is 0 Å². The van der Waals surface area contributed by atoms with Crippen molar-refractivity contribution in [1.29, 1.82) is 0 Å². The van der Waals surface area contributed by atoms with Crippen LogP contribution in [0.5, 0.6) is 11.5 Å². The number of Topliss-reactive ketones (excluding diaryl/α,β-unsaturated/α-hetero) is 1. The summed E-state index contributed by atoms with van der Waals surface area (Å²) in [6, 6.07) is 24.5. The number of nitrogens with zero attached hydrogens (tertiary/aromatic N) is 2. The Labute approximate surface area is 244 Å². The topological polar surface area (TPSA) is 42.0 Å². The molecule has 2 fully saturated rings. The molecule has 1 unspecified atom stereocenters. The third-order valence-corrected chi connectivity index (χ3v) is 8.83. The van der Waals surface area contributed by atoms with E-state index in [1.807, 2.05) is 30.3 Å². The van der Waals surface area contributed by atoms with Crippen LogP contribution in [0.15, 0.2) is 78.4 Å². The number of hydrogen-bond donors (Lipinski definition) is 0. The van der Waals surface area contributed by atoms with Crippen molar-refractivity contribution in [3.8, 4) is 11.5 Å². The minimum atomic E-state index is -0.00322. The van der Waals surface area contributed by atoms with Gasteiger partial charge in [0.2, 0.25) is 0 Å². The maximum Gasteiger partial charge on any atom is 0.189 e. The van der Waals surface area contributed by atoms with E-state index in [1.165, 1.54) is 63.8 Å². The Morgan fingerprint density at radius 1 is 0.683 bits per heavy atom. The summed E-state index contributed by atoms with van der Waals surface area (Å²) in [6.07, 6.45) is 9.41. The lowest BCUT2D eigenvalue weighted by molar-refractivity contribution is 0.102. The molecule has 5 heteroatoms. The van der Waals surface area contributed by atoms with Crippen LogP contribution in [0, 0.1) is 0 Å². The molecule has 3 aromatic rings. The average Bonchev–Trinajstić information content (AvgIpc) is 3.55. The lowest BCUT2D eigenvalue weighted by Gasteiger charge is -2.26. The number of benzene rings is 3. The Morgan fingerprint density at radius 2 is 1.24 bits per heavy atom. The minimum absolute atomic E-state index is 0.00322. The highest BCUT2D eigenvalue weighted by Gasteiger charge is 2.28. The smallest absolute Gasteiger partial charge is 0.189 e. The fourth-order valence-electron chi connectivity index (χ4n) is 6.42. The largest absolute Gasteiger partial charge is 0.492 e. The van der Waals surface area contributed by atoms with E-state index in [0.29, 0.717) is 18.8 Å². The molecule has 1 aliphatic carbocycles. The normalized spacial score (nSPS) is 19.4. The summed E-state index contributed by atoms with van der Waals surface area (Å²) >= 11 is 0. The van der Waals surface area contributed by atoms with Crippen LogP contribution < -0.4 is 9.47 Å². The Morgan fingerprint density at radius 3 is 1.88 bits per heavy atom. The van der Waals surface area contributed by atoms with Gasteiger partial charge < -0.3 is 9.47 Å². The molecule has 6 rings (SSSR count). The first-order valence-corrected chi connectivity index (χ1v) is 15.5. The average molecular weight is 551 g/mol. The van der Waals surface area contributed by atoms with Crippen LogP contribution in [0.3, 0.4) is 0 Å². The molecule has 2 saturated heterocycles. The molecule has 0 saturated carbocycles. The molecule has 0 spiro atoms. The molecule has 0 bridgehead atoms. The number of fused-ring (bicyclic) bond motifs is 1. The summed E-state index contributed by atoms with van der Waals surface area (Å²) < 4.78 is 12.1. The van der Waals surface area contributed by atoms with Crippen LogP contribution in [0.1, 0.15) is 65.1 Å². The third-order valence-electron chi connectivity index (χ3n) is 8.83. The van der Waals surface area contributed by atoms with Gasteiger partial charge in [-0.05, 0) is 117 Å². The van der Waals surface area contributed by atoms with Crippen molar-refractivity contribution in [1.82, 2.24) is 9.80 Å².